The Kier molecular flexibility index (Phi) is 2.01. The largest absolute Gasteiger partial charge is 0.294 e. The molecule has 0 saturated heterocycles. The average molecular weight is 278 g/mol. The van der Waals surface area contributed by atoms with Crippen molar-refractivity contribution >= 4 is 39.7 Å². The smallest absolute Gasteiger partial charge is 0.164 e. The lowest BCUT2D eigenvalue weighted by molar-refractivity contribution is 0.0973. The molecule has 0 spiro atoms. The van der Waals surface area contributed by atoms with Crippen molar-refractivity contribution in [3.63, 3.8) is 0 Å². The summed E-state index contributed by atoms with van der Waals surface area (Å²) in [6.45, 7) is 0. The van der Waals surface area contributed by atoms with E-state index in [1.165, 1.54) is 7.76 Å². The van der Waals surface area contributed by atoms with Gasteiger partial charge in [0.25, 0.3) is 0 Å². The predicted molar refractivity (Wildman–Crippen MR) is 54.3 cm³/mol. The van der Waals surface area contributed by atoms with E-state index in [9.17, 15) is 4.79 Å². The molecule has 0 N–H and O–H groups in total. The quantitative estimate of drug-likeness (QED) is 0.667. The first-order chi connectivity index (χ1) is 5.27. The summed E-state index contributed by atoms with van der Waals surface area (Å²) in [5.74, 6) is 0.338. The molecule has 0 saturated carbocycles. The molecule has 1 nitrogen and oxygen atoms in total. The maximum atomic E-state index is 11.3. The second kappa shape index (κ2) is 2.86. The Morgan fingerprint density at radius 1 is 1.45 bits per heavy atom. The second-order valence-corrected chi connectivity index (χ2v) is 5.70. The maximum absolute atomic E-state index is 11.3. The molecule has 0 aliphatic heterocycles. The highest BCUT2D eigenvalue weighted by Gasteiger charge is 2.19. The van der Waals surface area contributed by atoms with Crippen molar-refractivity contribution < 1.29 is 4.79 Å². The summed E-state index contributed by atoms with van der Waals surface area (Å²) in [5.41, 5.74) is 0.991. The minimum absolute atomic E-state index is 0.338. The molecular formula is C8H7IOS. The highest BCUT2D eigenvalue weighted by molar-refractivity contribution is 14.1. The molecule has 0 radical (unpaired) electrons. The van der Waals surface area contributed by atoms with E-state index >= 15 is 0 Å². The highest BCUT2D eigenvalue weighted by Crippen LogP contribution is 2.30. The van der Waals surface area contributed by atoms with Gasteiger partial charge in [0.1, 0.15) is 0 Å². The van der Waals surface area contributed by atoms with Crippen molar-refractivity contribution in [1.29, 1.82) is 0 Å². The van der Waals surface area contributed by atoms with E-state index in [0.717, 1.165) is 24.8 Å². The third-order valence-electron chi connectivity index (χ3n) is 1.89. The number of fused-ring (bicyclic) bond motifs is 1. The minimum Gasteiger partial charge on any atom is -0.294 e. The van der Waals surface area contributed by atoms with Crippen LogP contribution in [0.5, 0.6) is 0 Å². The Morgan fingerprint density at radius 3 is 3.00 bits per heavy atom. The number of thiophene rings is 1. The zero-order valence-electron chi connectivity index (χ0n) is 5.89. The van der Waals surface area contributed by atoms with Crippen molar-refractivity contribution in [2.45, 2.75) is 19.3 Å². The van der Waals surface area contributed by atoms with Crippen LogP contribution in [-0.2, 0) is 6.42 Å². The Morgan fingerprint density at radius 2 is 2.27 bits per heavy atom. The standard InChI is InChI=1S/C8H7IOS/c9-8-4-5-6(10)2-1-3-7(5)11-8/h4H,1-3H2. The number of ketones is 1. The topological polar surface area (TPSA) is 17.1 Å². The number of carbonyl (C=O) groups excluding carboxylic acids is 1. The highest BCUT2D eigenvalue weighted by atomic mass is 127. The van der Waals surface area contributed by atoms with Crippen LogP contribution in [0, 0.1) is 2.88 Å². The fourth-order valence-electron chi connectivity index (χ4n) is 1.36. The Balaban J connectivity index is 2.52. The zero-order chi connectivity index (χ0) is 7.84. The number of aryl methyl sites for hydroxylation is 1. The molecule has 3 heteroatoms. The lowest BCUT2D eigenvalue weighted by Crippen LogP contribution is -2.06. The fraction of sp³-hybridized carbons (Fsp3) is 0.375. The molecule has 1 aliphatic carbocycles. The van der Waals surface area contributed by atoms with E-state index in [1.807, 2.05) is 6.07 Å². The fourth-order valence-corrected chi connectivity index (χ4v) is 3.41. The summed E-state index contributed by atoms with van der Waals surface area (Å²) < 4.78 is 1.24. The van der Waals surface area contributed by atoms with Gasteiger partial charge in [-0.05, 0) is 41.5 Å². The Labute approximate surface area is 82.9 Å². The number of hydrogen-bond acceptors (Lipinski definition) is 2. The van der Waals surface area contributed by atoms with Crippen LogP contribution in [0.2, 0.25) is 0 Å². The van der Waals surface area contributed by atoms with Gasteiger partial charge in [-0.2, -0.15) is 0 Å². The summed E-state index contributed by atoms with van der Waals surface area (Å²) in [5, 5.41) is 0. The molecule has 58 valence electrons. The molecule has 1 aromatic heterocycles. The normalized spacial score (nSPS) is 16.6. The summed E-state index contributed by atoms with van der Waals surface area (Å²) in [6.07, 6.45) is 2.90. The van der Waals surface area contributed by atoms with Gasteiger partial charge in [0, 0.05) is 16.9 Å². The first-order valence-electron chi connectivity index (χ1n) is 3.59. The van der Waals surface area contributed by atoms with Gasteiger partial charge >= 0.3 is 0 Å². The van der Waals surface area contributed by atoms with Crippen LogP contribution in [0.3, 0.4) is 0 Å². The van der Waals surface area contributed by atoms with E-state index in [1.54, 1.807) is 11.3 Å². The number of carbonyl (C=O) groups is 1. The van der Waals surface area contributed by atoms with Crippen molar-refractivity contribution in [1.82, 2.24) is 0 Å². The van der Waals surface area contributed by atoms with Crippen LogP contribution in [0.1, 0.15) is 28.1 Å². The van der Waals surface area contributed by atoms with E-state index in [0.29, 0.717) is 5.78 Å². The van der Waals surface area contributed by atoms with Crippen LogP contribution >= 0.6 is 33.9 Å². The molecule has 0 aromatic carbocycles. The van der Waals surface area contributed by atoms with Gasteiger partial charge in [-0.1, -0.05) is 0 Å². The van der Waals surface area contributed by atoms with Gasteiger partial charge in [-0.15, -0.1) is 11.3 Å². The predicted octanol–water partition coefficient (Wildman–Crippen LogP) is 2.87. The zero-order valence-corrected chi connectivity index (χ0v) is 8.87. The van der Waals surface area contributed by atoms with Crippen LogP contribution in [0.25, 0.3) is 0 Å². The third-order valence-corrected chi connectivity index (χ3v) is 3.84. The van der Waals surface area contributed by atoms with Crippen molar-refractivity contribution in [2.24, 2.45) is 0 Å². The number of halogens is 1. The van der Waals surface area contributed by atoms with Crippen molar-refractivity contribution in [3.05, 3.63) is 19.4 Å². The number of hydrogen-bond donors (Lipinski definition) is 0. The lowest BCUT2D eigenvalue weighted by Gasteiger charge is -2.07. The second-order valence-electron chi connectivity index (χ2n) is 2.66. The first kappa shape index (κ1) is 7.73. The molecule has 0 atom stereocenters. The molecule has 0 bridgehead atoms. The van der Waals surface area contributed by atoms with Crippen LogP contribution < -0.4 is 0 Å². The third kappa shape index (κ3) is 1.36. The summed E-state index contributed by atoms with van der Waals surface area (Å²) in [4.78, 5) is 12.6. The number of rotatable bonds is 0. The van der Waals surface area contributed by atoms with Crippen molar-refractivity contribution in [3.8, 4) is 0 Å². The number of Topliss-reactive ketones (excluding diaryl/α,β-unsaturated/α-hetero) is 1. The van der Waals surface area contributed by atoms with Crippen LogP contribution in [0.4, 0.5) is 0 Å². The summed E-state index contributed by atoms with van der Waals surface area (Å²) >= 11 is 4.04. The molecule has 11 heavy (non-hydrogen) atoms. The maximum Gasteiger partial charge on any atom is 0.164 e. The Hall–Kier alpha value is 0.100. The molecule has 1 aliphatic rings. The lowest BCUT2D eigenvalue weighted by atomic mass is 9.98. The summed E-state index contributed by atoms with van der Waals surface area (Å²) in [6, 6.07) is 2.02. The monoisotopic (exact) mass is 278 g/mol. The molecule has 0 unspecified atom stereocenters. The Bertz CT molecular complexity index is 303. The van der Waals surface area contributed by atoms with Gasteiger partial charge in [-0.3, -0.25) is 4.79 Å². The first-order valence-corrected chi connectivity index (χ1v) is 5.48. The van der Waals surface area contributed by atoms with Gasteiger partial charge < -0.3 is 0 Å². The van der Waals surface area contributed by atoms with E-state index in [4.69, 9.17) is 0 Å². The van der Waals surface area contributed by atoms with Crippen molar-refractivity contribution in [2.75, 3.05) is 0 Å². The van der Waals surface area contributed by atoms with Gasteiger partial charge in [-0.25, -0.2) is 0 Å². The molecule has 1 aromatic rings. The molecule has 2 rings (SSSR count). The minimum atomic E-state index is 0.338. The van der Waals surface area contributed by atoms with Crippen LogP contribution in [0.15, 0.2) is 6.07 Å². The van der Waals surface area contributed by atoms with Gasteiger partial charge in [0.2, 0.25) is 0 Å². The summed E-state index contributed by atoms with van der Waals surface area (Å²) in [7, 11) is 0. The van der Waals surface area contributed by atoms with Gasteiger partial charge in [0.15, 0.2) is 5.78 Å². The SMILES string of the molecule is O=C1CCCc2sc(I)cc21. The molecule has 1 heterocycles. The van der Waals surface area contributed by atoms with E-state index < -0.39 is 0 Å². The van der Waals surface area contributed by atoms with E-state index in [-0.39, 0.29) is 0 Å². The molecule has 0 amide bonds. The molecular weight excluding hydrogens is 271 g/mol. The van der Waals surface area contributed by atoms with E-state index in [2.05, 4.69) is 22.6 Å². The van der Waals surface area contributed by atoms with Gasteiger partial charge in [0.05, 0.1) is 2.88 Å². The van der Waals surface area contributed by atoms with Crippen LogP contribution in [-0.4, -0.2) is 5.78 Å². The average Bonchev–Trinajstić information content (AvgIpc) is 2.31. The molecule has 0 fully saturated rings.